The van der Waals surface area contributed by atoms with Gasteiger partial charge in [-0.25, -0.2) is 4.79 Å². The second kappa shape index (κ2) is 9.17. The van der Waals surface area contributed by atoms with Crippen molar-refractivity contribution in [3.05, 3.63) is 66.0 Å². The highest BCUT2D eigenvalue weighted by atomic mass is 16.5. The van der Waals surface area contributed by atoms with Gasteiger partial charge >= 0.3 is 6.03 Å². The first-order valence-corrected chi connectivity index (χ1v) is 10.1. The Hall–Kier alpha value is -2.44. The molecule has 2 saturated heterocycles. The van der Waals surface area contributed by atoms with Crippen LogP contribution in [-0.2, 0) is 4.74 Å². The summed E-state index contributed by atoms with van der Waals surface area (Å²) in [5.74, 6) is 0. The number of aromatic nitrogens is 1. The van der Waals surface area contributed by atoms with Gasteiger partial charge in [0.25, 0.3) is 0 Å². The number of urea groups is 1. The number of benzene rings is 1. The molecule has 0 bridgehead atoms. The van der Waals surface area contributed by atoms with Gasteiger partial charge in [-0.15, -0.1) is 0 Å². The number of ether oxygens (including phenoxy) is 1. The van der Waals surface area contributed by atoms with Gasteiger partial charge in [-0.1, -0.05) is 30.3 Å². The van der Waals surface area contributed by atoms with E-state index in [0.717, 1.165) is 63.4 Å². The molecule has 0 radical (unpaired) electrons. The zero-order valence-electron chi connectivity index (χ0n) is 16.2. The van der Waals surface area contributed by atoms with E-state index in [1.807, 2.05) is 35.2 Å². The molecule has 2 aromatic rings. The Balaban J connectivity index is 1.40. The average molecular weight is 380 g/mol. The summed E-state index contributed by atoms with van der Waals surface area (Å²) >= 11 is 0. The third-order valence-electron chi connectivity index (χ3n) is 5.75. The Morgan fingerprint density at radius 3 is 2.29 bits per heavy atom. The zero-order valence-corrected chi connectivity index (χ0v) is 16.2. The van der Waals surface area contributed by atoms with Gasteiger partial charge in [0.2, 0.25) is 0 Å². The summed E-state index contributed by atoms with van der Waals surface area (Å²) < 4.78 is 5.47. The van der Waals surface area contributed by atoms with Crippen LogP contribution in [0.3, 0.4) is 0 Å². The molecule has 28 heavy (non-hydrogen) atoms. The SMILES string of the molecule is O=C(NC(c1ccccc1)c1ccncc1)N1CCN(C2CCOCC2)CC1. The van der Waals surface area contributed by atoms with E-state index in [2.05, 4.69) is 27.3 Å². The number of hydrogen-bond acceptors (Lipinski definition) is 4. The van der Waals surface area contributed by atoms with Crippen molar-refractivity contribution >= 4 is 6.03 Å². The number of carbonyl (C=O) groups is 1. The smallest absolute Gasteiger partial charge is 0.318 e. The van der Waals surface area contributed by atoms with Crippen molar-refractivity contribution in [3.8, 4) is 0 Å². The van der Waals surface area contributed by atoms with E-state index in [9.17, 15) is 4.79 Å². The minimum Gasteiger partial charge on any atom is -0.381 e. The Bertz CT molecular complexity index is 702. The van der Waals surface area contributed by atoms with E-state index in [-0.39, 0.29) is 12.1 Å². The molecule has 2 aliphatic heterocycles. The molecule has 1 atom stereocenters. The van der Waals surface area contributed by atoms with Gasteiger partial charge in [0.1, 0.15) is 0 Å². The predicted octanol–water partition coefficient (Wildman–Crippen LogP) is 2.68. The number of piperazine rings is 1. The molecule has 1 N–H and O–H groups in total. The standard InChI is InChI=1S/C22H28N4O2/c27-22(26-14-12-25(13-15-26)20-8-16-28-17-9-20)24-21(18-4-2-1-3-5-18)19-6-10-23-11-7-19/h1-7,10-11,20-21H,8-9,12-17H2,(H,24,27). The van der Waals surface area contributed by atoms with Gasteiger partial charge in [-0.05, 0) is 36.1 Å². The lowest BCUT2D eigenvalue weighted by Gasteiger charge is -2.41. The van der Waals surface area contributed by atoms with Crippen LogP contribution in [0, 0.1) is 0 Å². The highest BCUT2D eigenvalue weighted by molar-refractivity contribution is 5.75. The van der Waals surface area contributed by atoms with Crippen LogP contribution in [0.25, 0.3) is 0 Å². The Labute approximate surface area is 166 Å². The van der Waals surface area contributed by atoms with Gasteiger partial charge in [0, 0.05) is 57.8 Å². The maximum atomic E-state index is 13.0. The van der Waals surface area contributed by atoms with Crippen molar-refractivity contribution in [3.63, 3.8) is 0 Å². The van der Waals surface area contributed by atoms with Crippen molar-refractivity contribution in [1.29, 1.82) is 0 Å². The topological polar surface area (TPSA) is 57.7 Å². The average Bonchev–Trinajstić information content (AvgIpc) is 2.79. The maximum Gasteiger partial charge on any atom is 0.318 e. The number of nitrogens with zero attached hydrogens (tertiary/aromatic N) is 3. The van der Waals surface area contributed by atoms with E-state index >= 15 is 0 Å². The van der Waals surface area contributed by atoms with Crippen molar-refractivity contribution in [2.24, 2.45) is 0 Å². The molecule has 148 valence electrons. The quantitative estimate of drug-likeness (QED) is 0.886. The molecule has 1 unspecified atom stereocenters. The molecule has 1 aromatic heterocycles. The molecule has 3 heterocycles. The Morgan fingerprint density at radius 2 is 1.61 bits per heavy atom. The lowest BCUT2D eigenvalue weighted by molar-refractivity contribution is 0.0186. The molecule has 6 heteroatoms. The number of amides is 2. The molecule has 0 spiro atoms. The molecule has 0 saturated carbocycles. The molecule has 2 amide bonds. The predicted molar refractivity (Wildman–Crippen MR) is 108 cm³/mol. The van der Waals surface area contributed by atoms with Crippen LogP contribution in [0.1, 0.15) is 30.0 Å². The van der Waals surface area contributed by atoms with E-state index in [0.29, 0.717) is 6.04 Å². The molecular formula is C22H28N4O2. The Kier molecular flexibility index (Phi) is 6.19. The van der Waals surface area contributed by atoms with Gasteiger partial charge in [-0.2, -0.15) is 0 Å². The summed E-state index contributed by atoms with van der Waals surface area (Å²) in [5.41, 5.74) is 2.11. The molecule has 6 nitrogen and oxygen atoms in total. The summed E-state index contributed by atoms with van der Waals surface area (Å²) in [6.45, 7) is 5.11. The van der Waals surface area contributed by atoms with Crippen molar-refractivity contribution < 1.29 is 9.53 Å². The summed E-state index contributed by atoms with van der Waals surface area (Å²) in [6, 6.07) is 14.4. The zero-order chi connectivity index (χ0) is 19.2. The number of hydrogen-bond donors (Lipinski definition) is 1. The van der Waals surface area contributed by atoms with Crippen LogP contribution in [0.5, 0.6) is 0 Å². The summed E-state index contributed by atoms with van der Waals surface area (Å²) in [5, 5.41) is 3.23. The monoisotopic (exact) mass is 380 g/mol. The maximum absolute atomic E-state index is 13.0. The van der Waals surface area contributed by atoms with Crippen LogP contribution in [-0.4, -0.2) is 66.2 Å². The summed E-state index contributed by atoms with van der Waals surface area (Å²) in [7, 11) is 0. The first-order chi connectivity index (χ1) is 13.8. The molecule has 4 rings (SSSR count). The molecular weight excluding hydrogens is 352 g/mol. The van der Waals surface area contributed by atoms with Crippen LogP contribution < -0.4 is 5.32 Å². The fourth-order valence-corrected chi connectivity index (χ4v) is 4.12. The van der Waals surface area contributed by atoms with E-state index < -0.39 is 0 Å². The van der Waals surface area contributed by atoms with Gasteiger partial charge in [0.05, 0.1) is 6.04 Å². The number of rotatable bonds is 4. The number of nitrogens with one attached hydrogen (secondary N) is 1. The second-order valence-electron chi connectivity index (χ2n) is 7.44. The Morgan fingerprint density at radius 1 is 0.964 bits per heavy atom. The normalized spacial score (nSPS) is 19.9. The first kappa shape index (κ1) is 18.9. The molecule has 2 aliphatic rings. The highest BCUT2D eigenvalue weighted by Crippen LogP contribution is 2.22. The molecule has 0 aliphatic carbocycles. The fraction of sp³-hybridized carbons (Fsp3) is 0.455. The first-order valence-electron chi connectivity index (χ1n) is 10.1. The van der Waals surface area contributed by atoms with Crippen molar-refractivity contribution in [2.45, 2.75) is 24.9 Å². The van der Waals surface area contributed by atoms with Crippen LogP contribution in [0.15, 0.2) is 54.9 Å². The summed E-state index contributed by atoms with van der Waals surface area (Å²) in [6.07, 6.45) is 5.74. The number of pyridine rings is 1. The third-order valence-corrected chi connectivity index (χ3v) is 5.75. The number of carbonyl (C=O) groups excluding carboxylic acids is 1. The summed E-state index contributed by atoms with van der Waals surface area (Å²) in [4.78, 5) is 21.6. The van der Waals surface area contributed by atoms with Crippen LogP contribution in [0.2, 0.25) is 0 Å². The minimum absolute atomic E-state index is 0.00251. The van der Waals surface area contributed by atoms with Crippen LogP contribution in [0.4, 0.5) is 4.79 Å². The van der Waals surface area contributed by atoms with Gasteiger partial charge < -0.3 is 15.0 Å². The van der Waals surface area contributed by atoms with Gasteiger partial charge in [0.15, 0.2) is 0 Å². The van der Waals surface area contributed by atoms with E-state index in [1.165, 1.54) is 0 Å². The second-order valence-corrected chi connectivity index (χ2v) is 7.44. The minimum atomic E-state index is -0.176. The lowest BCUT2D eigenvalue weighted by Crippen LogP contribution is -2.55. The van der Waals surface area contributed by atoms with E-state index in [4.69, 9.17) is 4.74 Å². The highest BCUT2D eigenvalue weighted by Gasteiger charge is 2.28. The molecule has 2 fully saturated rings. The lowest BCUT2D eigenvalue weighted by atomic mass is 10.00. The van der Waals surface area contributed by atoms with Gasteiger partial charge in [-0.3, -0.25) is 9.88 Å². The van der Waals surface area contributed by atoms with E-state index in [1.54, 1.807) is 12.4 Å². The fourth-order valence-electron chi connectivity index (χ4n) is 4.12. The molecule has 1 aromatic carbocycles. The largest absolute Gasteiger partial charge is 0.381 e. The third kappa shape index (κ3) is 4.51. The van der Waals surface area contributed by atoms with Crippen molar-refractivity contribution in [1.82, 2.24) is 20.1 Å². The van der Waals surface area contributed by atoms with Crippen molar-refractivity contribution in [2.75, 3.05) is 39.4 Å². The van der Waals surface area contributed by atoms with Crippen LogP contribution >= 0.6 is 0 Å².